The summed E-state index contributed by atoms with van der Waals surface area (Å²) in [5.74, 6) is 0.679. The van der Waals surface area contributed by atoms with E-state index >= 15 is 0 Å². The predicted molar refractivity (Wildman–Crippen MR) is 99.9 cm³/mol. The minimum absolute atomic E-state index is 0.140. The molecule has 1 aromatic carbocycles. The van der Waals surface area contributed by atoms with Gasteiger partial charge in [0.1, 0.15) is 11.9 Å². The lowest BCUT2D eigenvalue weighted by atomic mass is 10.0. The molecule has 2 unspecified atom stereocenters. The molecule has 7 heteroatoms. The van der Waals surface area contributed by atoms with Crippen LogP contribution in [0, 0.1) is 0 Å². The lowest BCUT2D eigenvalue weighted by molar-refractivity contribution is 0.130. The molecule has 2 bridgehead atoms. The van der Waals surface area contributed by atoms with Gasteiger partial charge in [-0.15, -0.1) is 10.2 Å². The topological polar surface area (TPSA) is 85.1 Å². The van der Waals surface area contributed by atoms with Gasteiger partial charge in [-0.1, -0.05) is 0 Å². The van der Waals surface area contributed by atoms with Gasteiger partial charge >= 0.3 is 0 Å². The van der Waals surface area contributed by atoms with Crippen molar-refractivity contribution in [3.63, 3.8) is 0 Å². The zero-order valence-electron chi connectivity index (χ0n) is 14.8. The molecule has 3 aromatic rings. The maximum absolute atomic E-state index is 10.4. The van der Waals surface area contributed by atoms with Crippen LogP contribution in [0.3, 0.4) is 0 Å². The summed E-state index contributed by atoms with van der Waals surface area (Å²) >= 11 is 0. The second-order valence-corrected chi connectivity index (χ2v) is 7.26. The molecule has 0 saturated carbocycles. The highest BCUT2D eigenvalue weighted by atomic mass is 16.5. The minimum atomic E-state index is 0.140. The summed E-state index contributed by atoms with van der Waals surface area (Å²) in [5, 5.41) is 26.6. The van der Waals surface area contributed by atoms with Crippen LogP contribution in [0.5, 0.6) is 11.6 Å². The number of hydrogen-bond donors (Lipinski definition) is 2. The van der Waals surface area contributed by atoms with E-state index in [0.717, 1.165) is 18.5 Å². The zero-order valence-corrected chi connectivity index (χ0v) is 14.8. The van der Waals surface area contributed by atoms with E-state index in [9.17, 15) is 5.11 Å². The predicted octanol–water partition coefficient (Wildman–Crippen LogP) is 2.70. The van der Waals surface area contributed by atoms with Crippen LogP contribution in [0.1, 0.15) is 25.7 Å². The quantitative estimate of drug-likeness (QED) is 0.741. The first-order valence-corrected chi connectivity index (χ1v) is 9.34. The van der Waals surface area contributed by atoms with E-state index in [-0.39, 0.29) is 11.9 Å². The lowest BCUT2D eigenvalue weighted by Crippen LogP contribution is -2.42. The fourth-order valence-electron chi connectivity index (χ4n) is 4.10. The van der Waals surface area contributed by atoms with Crippen molar-refractivity contribution in [3.8, 4) is 28.6 Å². The molecule has 2 aliphatic rings. The average molecular weight is 363 g/mol. The van der Waals surface area contributed by atoms with Gasteiger partial charge in [-0.25, -0.2) is 4.68 Å². The number of ether oxygens (including phenoxy) is 1. The highest BCUT2D eigenvalue weighted by Gasteiger charge is 2.34. The molecule has 138 valence electrons. The largest absolute Gasteiger partial charge is 0.507 e. The molecule has 2 fully saturated rings. The molecule has 7 nitrogen and oxygen atoms in total. The maximum Gasteiger partial charge on any atom is 0.233 e. The van der Waals surface area contributed by atoms with Crippen molar-refractivity contribution in [2.45, 2.75) is 43.9 Å². The molecule has 5 rings (SSSR count). The standard InChI is InChI=1S/C20H21N5O2/c26-19-12-15(25-9-1-8-21-25)4-5-17(19)18-6-7-20(24-23-18)27-16-10-13-2-3-14(11-16)22-13/h1,4-9,12-14,16,22,26H,2-3,10-11H2. The average Bonchev–Trinajstić information content (AvgIpc) is 3.32. The van der Waals surface area contributed by atoms with E-state index in [0.29, 0.717) is 29.2 Å². The fraction of sp³-hybridized carbons (Fsp3) is 0.350. The summed E-state index contributed by atoms with van der Waals surface area (Å²) in [6, 6.07) is 12.0. The molecular weight excluding hydrogens is 342 g/mol. The number of hydrogen-bond acceptors (Lipinski definition) is 6. The summed E-state index contributed by atoms with van der Waals surface area (Å²) < 4.78 is 7.73. The monoisotopic (exact) mass is 363 g/mol. The Hall–Kier alpha value is -2.93. The number of fused-ring (bicyclic) bond motifs is 2. The Morgan fingerprint density at radius 2 is 1.93 bits per heavy atom. The second-order valence-electron chi connectivity index (χ2n) is 7.26. The molecule has 2 N–H and O–H groups in total. The van der Waals surface area contributed by atoms with Crippen molar-refractivity contribution in [1.82, 2.24) is 25.3 Å². The van der Waals surface area contributed by atoms with E-state index in [1.54, 1.807) is 16.9 Å². The normalized spacial score (nSPS) is 24.1. The van der Waals surface area contributed by atoms with E-state index in [1.165, 1.54) is 12.8 Å². The molecule has 4 heterocycles. The SMILES string of the molecule is Oc1cc(-n2cccn2)ccc1-c1ccc(OC2CC3CCC(C2)N3)nn1. The van der Waals surface area contributed by atoms with E-state index in [2.05, 4.69) is 20.6 Å². The Morgan fingerprint density at radius 3 is 2.59 bits per heavy atom. The molecule has 2 aliphatic heterocycles. The third kappa shape index (κ3) is 3.26. The molecule has 2 atom stereocenters. The number of rotatable bonds is 4. The van der Waals surface area contributed by atoms with Gasteiger partial charge in [-0.3, -0.25) is 0 Å². The highest BCUT2D eigenvalue weighted by Crippen LogP contribution is 2.31. The van der Waals surface area contributed by atoms with Crippen molar-refractivity contribution in [1.29, 1.82) is 0 Å². The highest BCUT2D eigenvalue weighted by molar-refractivity contribution is 5.68. The molecule has 0 radical (unpaired) electrons. The third-order valence-electron chi connectivity index (χ3n) is 5.38. The van der Waals surface area contributed by atoms with Crippen molar-refractivity contribution in [3.05, 3.63) is 48.8 Å². The molecule has 0 aliphatic carbocycles. The molecule has 0 amide bonds. The fourth-order valence-corrected chi connectivity index (χ4v) is 4.10. The molecule has 2 saturated heterocycles. The third-order valence-corrected chi connectivity index (χ3v) is 5.38. The minimum Gasteiger partial charge on any atom is -0.507 e. The Labute approximate surface area is 157 Å². The van der Waals surface area contributed by atoms with Crippen LogP contribution in [-0.2, 0) is 0 Å². The van der Waals surface area contributed by atoms with Crippen LogP contribution >= 0.6 is 0 Å². The maximum atomic E-state index is 10.4. The summed E-state index contributed by atoms with van der Waals surface area (Å²) in [7, 11) is 0. The van der Waals surface area contributed by atoms with Crippen molar-refractivity contribution in [2.24, 2.45) is 0 Å². The van der Waals surface area contributed by atoms with Crippen LogP contribution in [0.2, 0.25) is 0 Å². The molecular formula is C20H21N5O2. The Bertz CT molecular complexity index is 914. The first kappa shape index (κ1) is 16.3. The zero-order chi connectivity index (χ0) is 18.2. The number of nitrogens with zero attached hydrogens (tertiary/aromatic N) is 4. The van der Waals surface area contributed by atoms with Crippen molar-refractivity contribution >= 4 is 0 Å². The Kier molecular flexibility index (Phi) is 4.01. The Balaban J connectivity index is 1.31. The molecule has 0 spiro atoms. The van der Waals surface area contributed by atoms with Gasteiger partial charge in [-0.2, -0.15) is 5.10 Å². The van der Waals surface area contributed by atoms with Crippen LogP contribution < -0.4 is 10.1 Å². The number of aromatic hydroxyl groups is 1. The van der Waals surface area contributed by atoms with Crippen LogP contribution in [0.25, 0.3) is 16.9 Å². The van der Waals surface area contributed by atoms with E-state index < -0.39 is 0 Å². The molecule has 27 heavy (non-hydrogen) atoms. The van der Waals surface area contributed by atoms with Crippen molar-refractivity contribution in [2.75, 3.05) is 0 Å². The van der Waals surface area contributed by atoms with Crippen LogP contribution in [-0.4, -0.2) is 43.3 Å². The number of nitrogens with one attached hydrogen (secondary N) is 1. The second kappa shape index (κ2) is 6.66. The number of phenols is 1. The summed E-state index contributed by atoms with van der Waals surface area (Å²) in [4.78, 5) is 0. The van der Waals surface area contributed by atoms with Gasteiger partial charge in [0.05, 0.1) is 11.4 Å². The van der Waals surface area contributed by atoms with E-state index in [1.807, 2.05) is 36.5 Å². The lowest BCUT2D eigenvalue weighted by Gasteiger charge is -2.28. The van der Waals surface area contributed by atoms with Crippen molar-refractivity contribution < 1.29 is 9.84 Å². The first-order chi connectivity index (χ1) is 13.2. The van der Waals surface area contributed by atoms with E-state index in [4.69, 9.17) is 4.74 Å². The number of aromatic nitrogens is 4. The van der Waals surface area contributed by atoms with Gasteiger partial charge in [0.2, 0.25) is 5.88 Å². The summed E-state index contributed by atoms with van der Waals surface area (Å²) in [6.07, 6.45) is 8.25. The number of piperidine rings is 1. The summed E-state index contributed by atoms with van der Waals surface area (Å²) in [5.41, 5.74) is 2.02. The van der Waals surface area contributed by atoms with Gasteiger partial charge in [0.25, 0.3) is 0 Å². The molecule has 2 aromatic heterocycles. The number of phenolic OH excluding ortho intramolecular Hbond substituents is 1. The first-order valence-electron chi connectivity index (χ1n) is 9.34. The van der Waals surface area contributed by atoms with Crippen LogP contribution in [0.15, 0.2) is 48.8 Å². The summed E-state index contributed by atoms with van der Waals surface area (Å²) in [6.45, 7) is 0. The van der Waals surface area contributed by atoms with Gasteiger partial charge in [0, 0.05) is 42.2 Å². The van der Waals surface area contributed by atoms with Gasteiger partial charge < -0.3 is 15.2 Å². The number of benzene rings is 1. The Morgan fingerprint density at radius 1 is 1.07 bits per heavy atom. The van der Waals surface area contributed by atoms with Gasteiger partial charge in [0.15, 0.2) is 0 Å². The van der Waals surface area contributed by atoms with Crippen LogP contribution in [0.4, 0.5) is 0 Å². The smallest absolute Gasteiger partial charge is 0.233 e. The van der Waals surface area contributed by atoms with Gasteiger partial charge in [-0.05, 0) is 49.9 Å².